The van der Waals surface area contributed by atoms with Crippen molar-refractivity contribution in [3.05, 3.63) is 47.0 Å². The monoisotopic (exact) mass is 286 g/mol. The maximum atomic E-state index is 9.93. The molecule has 0 atom stereocenters. The van der Waals surface area contributed by atoms with Crippen molar-refractivity contribution in [3.63, 3.8) is 0 Å². The van der Waals surface area contributed by atoms with Gasteiger partial charge in [-0.1, -0.05) is 35.3 Å². The fourth-order valence-electron chi connectivity index (χ4n) is 0.601. The summed E-state index contributed by atoms with van der Waals surface area (Å²) < 4.78 is 19.9. The van der Waals surface area contributed by atoms with E-state index >= 15 is 0 Å². The van der Waals surface area contributed by atoms with E-state index in [1.165, 1.54) is 6.08 Å². The van der Waals surface area contributed by atoms with Crippen LogP contribution in [0.3, 0.4) is 0 Å². The molecule has 1 aromatic rings. The van der Waals surface area contributed by atoms with Crippen molar-refractivity contribution < 1.29 is 8.42 Å². The van der Waals surface area contributed by atoms with E-state index in [9.17, 15) is 8.42 Å². The van der Waals surface area contributed by atoms with E-state index in [4.69, 9.17) is 33.9 Å². The van der Waals surface area contributed by atoms with Gasteiger partial charge in [-0.3, -0.25) is 0 Å². The SMILES string of the molecule is C=CCS(=O)(=O)Cl.Clc1cccc(Cl)c1. The van der Waals surface area contributed by atoms with Gasteiger partial charge in [-0.15, -0.1) is 6.58 Å². The zero-order valence-corrected chi connectivity index (χ0v) is 10.7. The van der Waals surface area contributed by atoms with Gasteiger partial charge in [-0.2, -0.15) is 0 Å². The van der Waals surface area contributed by atoms with Crippen LogP contribution in [0.2, 0.25) is 10.0 Å². The topological polar surface area (TPSA) is 34.1 Å². The third-order valence-electron chi connectivity index (χ3n) is 1.10. The van der Waals surface area contributed by atoms with Crippen molar-refractivity contribution in [1.82, 2.24) is 0 Å². The Hall–Kier alpha value is -0.220. The minimum absolute atomic E-state index is 0.158. The highest BCUT2D eigenvalue weighted by Crippen LogP contribution is 2.13. The maximum Gasteiger partial charge on any atom is 0.236 e. The molecular formula is C9H9Cl3O2S. The van der Waals surface area contributed by atoms with Crippen LogP contribution in [0.1, 0.15) is 0 Å². The van der Waals surface area contributed by atoms with E-state index in [0.29, 0.717) is 10.0 Å². The Morgan fingerprint density at radius 3 is 1.87 bits per heavy atom. The van der Waals surface area contributed by atoms with Crippen LogP contribution in [0.5, 0.6) is 0 Å². The number of benzene rings is 1. The standard InChI is InChI=1S/C6H4Cl2.C3H5ClO2S/c7-5-2-1-3-6(8)4-5;1-2-3-7(4,5)6/h1-4H;2H,1,3H2. The Labute approximate surface area is 104 Å². The smallest absolute Gasteiger partial charge is 0.212 e. The van der Waals surface area contributed by atoms with Gasteiger partial charge in [0.2, 0.25) is 9.05 Å². The van der Waals surface area contributed by atoms with Crippen molar-refractivity contribution in [2.75, 3.05) is 5.75 Å². The molecule has 0 saturated carbocycles. The molecule has 0 bridgehead atoms. The minimum atomic E-state index is -3.32. The molecule has 0 aromatic heterocycles. The van der Waals surface area contributed by atoms with Crippen molar-refractivity contribution in [2.24, 2.45) is 0 Å². The lowest BCUT2D eigenvalue weighted by atomic mass is 10.4. The van der Waals surface area contributed by atoms with Crippen LogP contribution in [0.4, 0.5) is 0 Å². The molecule has 6 heteroatoms. The molecule has 2 nitrogen and oxygen atoms in total. The van der Waals surface area contributed by atoms with Gasteiger partial charge in [-0.25, -0.2) is 8.42 Å². The lowest BCUT2D eigenvalue weighted by molar-refractivity contribution is 0.612. The second kappa shape index (κ2) is 7.12. The van der Waals surface area contributed by atoms with Crippen LogP contribution in [0, 0.1) is 0 Å². The highest BCUT2D eigenvalue weighted by Gasteiger charge is 1.97. The first-order valence-electron chi connectivity index (χ1n) is 3.79. The summed E-state index contributed by atoms with van der Waals surface area (Å²) in [4.78, 5) is 0. The Morgan fingerprint density at radius 1 is 1.27 bits per heavy atom. The normalized spacial score (nSPS) is 10.1. The predicted molar refractivity (Wildman–Crippen MR) is 66.3 cm³/mol. The molecule has 0 aliphatic heterocycles. The highest BCUT2D eigenvalue weighted by atomic mass is 35.7. The molecule has 1 aromatic carbocycles. The first kappa shape index (κ1) is 14.8. The predicted octanol–water partition coefficient (Wildman–Crippen LogP) is 3.73. The van der Waals surface area contributed by atoms with E-state index in [0.717, 1.165) is 0 Å². The van der Waals surface area contributed by atoms with Crippen LogP contribution in [0.25, 0.3) is 0 Å². The molecule has 0 fully saturated rings. The Kier molecular flexibility index (Phi) is 7.02. The third kappa shape index (κ3) is 10.1. The lowest BCUT2D eigenvalue weighted by Gasteiger charge is -1.86. The highest BCUT2D eigenvalue weighted by molar-refractivity contribution is 8.13. The average molecular weight is 288 g/mol. The zero-order valence-electron chi connectivity index (χ0n) is 7.66. The van der Waals surface area contributed by atoms with Crippen LogP contribution >= 0.6 is 33.9 Å². The van der Waals surface area contributed by atoms with E-state index in [-0.39, 0.29) is 5.75 Å². The Morgan fingerprint density at radius 2 is 1.73 bits per heavy atom. The molecule has 0 unspecified atom stereocenters. The van der Waals surface area contributed by atoms with Gasteiger partial charge >= 0.3 is 0 Å². The molecule has 15 heavy (non-hydrogen) atoms. The van der Waals surface area contributed by atoms with Crippen molar-refractivity contribution in [2.45, 2.75) is 0 Å². The van der Waals surface area contributed by atoms with Crippen LogP contribution in [-0.2, 0) is 9.05 Å². The third-order valence-corrected chi connectivity index (χ3v) is 2.59. The van der Waals surface area contributed by atoms with Crippen molar-refractivity contribution in [1.29, 1.82) is 0 Å². The van der Waals surface area contributed by atoms with Crippen molar-refractivity contribution >= 4 is 42.9 Å². The zero-order chi connectivity index (χ0) is 11.9. The quantitative estimate of drug-likeness (QED) is 0.613. The van der Waals surface area contributed by atoms with E-state index < -0.39 is 9.05 Å². The summed E-state index contributed by atoms with van der Waals surface area (Å²) in [5.74, 6) is -0.158. The molecule has 0 amide bonds. The van der Waals surface area contributed by atoms with E-state index in [2.05, 4.69) is 6.58 Å². The van der Waals surface area contributed by atoms with Gasteiger partial charge in [0.15, 0.2) is 0 Å². The Bertz CT molecular complexity index is 398. The van der Waals surface area contributed by atoms with Gasteiger partial charge in [-0.05, 0) is 18.2 Å². The first-order chi connectivity index (χ1) is 6.85. The molecule has 0 aliphatic carbocycles. The molecule has 84 valence electrons. The fourth-order valence-corrected chi connectivity index (χ4v) is 1.59. The maximum absolute atomic E-state index is 9.93. The van der Waals surface area contributed by atoms with E-state index in [1.54, 1.807) is 18.2 Å². The second-order valence-corrected chi connectivity index (χ2v) is 6.13. The van der Waals surface area contributed by atoms with Crippen LogP contribution in [0.15, 0.2) is 36.9 Å². The minimum Gasteiger partial charge on any atom is -0.212 e. The molecule has 0 radical (unpaired) electrons. The fraction of sp³-hybridized carbons (Fsp3) is 0.111. The molecule has 0 aliphatic rings. The summed E-state index contributed by atoms with van der Waals surface area (Å²) in [6.07, 6.45) is 1.24. The Balaban J connectivity index is 0.000000265. The summed E-state index contributed by atoms with van der Waals surface area (Å²) in [6.45, 7) is 3.18. The number of halogens is 3. The summed E-state index contributed by atoms with van der Waals surface area (Å²) in [6, 6.07) is 7.08. The number of rotatable bonds is 2. The van der Waals surface area contributed by atoms with Gasteiger partial charge in [0.1, 0.15) is 0 Å². The first-order valence-corrected chi connectivity index (χ1v) is 7.03. The van der Waals surface area contributed by atoms with Crippen molar-refractivity contribution in [3.8, 4) is 0 Å². The molecule has 0 spiro atoms. The molecule has 0 heterocycles. The van der Waals surface area contributed by atoms with Gasteiger partial charge in [0.05, 0.1) is 5.75 Å². The van der Waals surface area contributed by atoms with E-state index in [1.807, 2.05) is 6.07 Å². The van der Waals surface area contributed by atoms with Crippen LogP contribution < -0.4 is 0 Å². The summed E-state index contributed by atoms with van der Waals surface area (Å²) in [5.41, 5.74) is 0. The number of hydrogen-bond donors (Lipinski definition) is 0. The molecule has 0 N–H and O–H groups in total. The summed E-state index contributed by atoms with van der Waals surface area (Å²) in [7, 11) is 1.41. The molecule has 1 rings (SSSR count). The van der Waals surface area contributed by atoms with Gasteiger partial charge in [0.25, 0.3) is 0 Å². The molecular weight excluding hydrogens is 279 g/mol. The largest absolute Gasteiger partial charge is 0.236 e. The summed E-state index contributed by atoms with van der Waals surface area (Å²) in [5, 5.41) is 1.36. The van der Waals surface area contributed by atoms with Gasteiger partial charge < -0.3 is 0 Å². The average Bonchev–Trinajstić information content (AvgIpc) is 2.01. The van der Waals surface area contributed by atoms with Gasteiger partial charge in [0, 0.05) is 20.7 Å². The second-order valence-electron chi connectivity index (χ2n) is 2.43. The number of hydrogen-bond acceptors (Lipinski definition) is 2. The molecule has 0 saturated heterocycles. The lowest BCUT2D eigenvalue weighted by Crippen LogP contribution is -1.90. The van der Waals surface area contributed by atoms with Crippen LogP contribution in [-0.4, -0.2) is 14.2 Å². The summed E-state index contributed by atoms with van der Waals surface area (Å²) >= 11 is 11.1.